The van der Waals surface area contributed by atoms with Gasteiger partial charge in [0.25, 0.3) is 0 Å². The van der Waals surface area contributed by atoms with Gasteiger partial charge < -0.3 is 14.8 Å². The third kappa shape index (κ3) is 7.77. The molecule has 0 atom stereocenters. The van der Waals surface area contributed by atoms with Gasteiger partial charge in [-0.1, -0.05) is 6.92 Å². The zero-order chi connectivity index (χ0) is 13.3. The summed E-state index contributed by atoms with van der Waals surface area (Å²) in [5.41, 5.74) is 0. The van der Waals surface area contributed by atoms with E-state index in [4.69, 9.17) is 9.47 Å². The number of halogens is 2. The Labute approximate surface area is 140 Å². The van der Waals surface area contributed by atoms with E-state index in [1.54, 1.807) is 0 Å². The molecule has 1 aromatic rings. The quantitative estimate of drug-likeness (QED) is 0.829. The Hall–Kier alpha value is -0.680. The summed E-state index contributed by atoms with van der Waals surface area (Å²) in [5.74, 6) is 1.83. The van der Waals surface area contributed by atoms with Crippen molar-refractivity contribution in [1.29, 1.82) is 0 Å². The number of rotatable bonds is 7. The molecule has 1 N–H and O–H groups in total. The van der Waals surface area contributed by atoms with E-state index in [1.165, 1.54) is 0 Å². The van der Waals surface area contributed by atoms with Crippen LogP contribution in [0.3, 0.4) is 0 Å². The highest BCUT2D eigenvalue weighted by molar-refractivity contribution is 5.85. The van der Waals surface area contributed by atoms with Crippen LogP contribution in [0.15, 0.2) is 24.3 Å². The maximum absolute atomic E-state index is 5.75. The molecule has 1 aromatic carbocycles. The zero-order valence-corrected chi connectivity index (χ0v) is 14.2. The lowest BCUT2D eigenvalue weighted by Crippen LogP contribution is -2.44. The van der Waals surface area contributed by atoms with Crippen LogP contribution in [0, 0.1) is 0 Å². The van der Waals surface area contributed by atoms with Crippen LogP contribution >= 0.6 is 24.8 Å². The van der Waals surface area contributed by atoms with Crippen molar-refractivity contribution in [1.82, 2.24) is 10.2 Å². The molecule has 1 aliphatic rings. The molecule has 0 bridgehead atoms. The summed E-state index contributed by atoms with van der Waals surface area (Å²) in [4.78, 5) is 2.43. The van der Waals surface area contributed by atoms with Crippen molar-refractivity contribution in [3.63, 3.8) is 0 Å². The first-order valence-electron chi connectivity index (χ1n) is 7.17. The molecule has 0 amide bonds. The highest BCUT2D eigenvalue weighted by Gasteiger charge is 2.08. The molecule has 1 heterocycles. The number of nitrogens with zero attached hydrogens (tertiary/aromatic N) is 1. The summed E-state index contributed by atoms with van der Waals surface area (Å²) in [7, 11) is 0. The van der Waals surface area contributed by atoms with Crippen LogP contribution in [0.2, 0.25) is 0 Å². The van der Waals surface area contributed by atoms with Gasteiger partial charge in [0.05, 0.1) is 6.61 Å². The number of hydrogen-bond acceptors (Lipinski definition) is 4. The van der Waals surface area contributed by atoms with Crippen LogP contribution in [-0.4, -0.2) is 50.8 Å². The van der Waals surface area contributed by atoms with Crippen molar-refractivity contribution in [2.45, 2.75) is 13.3 Å². The highest BCUT2D eigenvalue weighted by atomic mass is 35.5. The molecule has 1 aliphatic heterocycles. The molecule has 4 nitrogen and oxygen atoms in total. The van der Waals surface area contributed by atoms with E-state index in [0.29, 0.717) is 0 Å². The lowest BCUT2D eigenvalue weighted by Gasteiger charge is -2.26. The molecule has 0 aromatic heterocycles. The minimum Gasteiger partial charge on any atom is -0.494 e. The third-order valence-corrected chi connectivity index (χ3v) is 3.18. The van der Waals surface area contributed by atoms with E-state index in [2.05, 4.69) is 17.1 Å². The SMILES string of the molecule is CCCOc1ccc(OCCN2CCNCC2)cc1.Cl.Cl. The first kappa shape index (κ1) is 20.3. The highest BCUT2D eigenvalue weighted by Crippen LogP contribution is 2.17. The van der Waals surface area contributed by atoms with Crippen molar-refractivity contribution in [3.05, 3.63) is 24.3 Å². The fourth-order valence-corrected chi connectivity index (χ4v) is 2.08. The largest absolute Gasteiger partial charge is 0.494 e. The smallest absolute Gasteiger partial charge is 0.119 e. The van der Waals surface area contributed by atoms with Crippen LogP contribution in [-0.2, 0) is 0 Å². The van der Waals surface area contributed by atoms with Crippen LogP contribution in [0.25, 0.3) is 0 Å². The predicted molar refractivity (Wildman–Crippen MR) is 91.5 cm³/mol. The maximum atomic E-state index is 5.75. The van der Waals surface area contributed by atoms with Crippen LogP contribution < -0.4 is 14.8 Å². The Bertz CT molecular complexity index is 357. The normalized spacial score (nSPS) is 14.7. The second kappa shape index (κ2) is 11.9. The molecule has 0 aliphatic carbocycles. The van der Waals surface area contributed by atoms with Crippen LogP contribution in [0.4, 0.5) is 0 Å². The Morgan fingerprint density at radius 2 is 1.48 bits per heavy atom. The minimum atomic E-state index is 0. The van der Waals surface area contributed by atoms with Crippen molar-refractivity contribution in [2.24, 2.45) is 0 Å². The molecular weight excluding hydrogens is 311 g/mol. The van der Waals surface area contributed by atoms with Crippen LogP contribution in [0.5, 0.6) is 11.5 Å². The summed E-state index contributed by atoms with van der Waals surface area (Å²) in [6.45, 7) is 9.02. The molecule has 0 radical (unpaired) electrons. The second-order valence-corrected chi connectivity index (χ2v) is 4.76. The molecule has 1 saturated heterocycles. The van der Waals surface area contributed by atoms with Crippen molar-refractivity contribution < 1.29 is 9.47 Å². The van der Waals surface area contributed by atoms with E-state index < -0.39 is 0 Å². The zero-order valence-electron chi connectivity index (χ0n) is 12.5. The van der Waals surface area contributed by atoms with Gasteiger partial charge in [0.1, 0.15) is 18.1 Å². The first-order valence-corrected chi connectivity index (χ1v) is 7.17. The molecule has 2 rings (SSSR count). The third-order valence-electron chi connectivity index (χ3n) is 3.18. The first-order chi connectivity index (χ1) is 9.38. The van der Waals surface area contributed by atoms with Gasteiger partial charge in [-0.05, 0) is 30.7 Å². The summed E-state index contributed by atoms with van der Waals surface area (Å²) >= 11 is 0. The average Bonchev–Trinajstić information content (AvgIpc) is 2.47. The fraction of sp³-hybridized carbons (Fsp3) is 0.600. The molecule has 0 unspecified atom stereocenters. The molecule has 1 fully saturated rings. The monoisotopic (exact) mass is 336 g/mol. The second-order valence-electron chi connectivity index (χ2n) is 4.76. The van der Waals surface area contributed by atoms with Crippen molar-refractivity contribution in [3.8, 4) is 11.5 Å². The van der Waals surface area contributed by atoms with Gasteiger partial charge in [0.2, 0.25) is 0 Å². The maximum Gasteiger partial charge on any atom is 0.119 e. The van der Waals surface area contributed by atoms with Gasteiger partial charge in [-0.2, -0.15) is 0 Å². The molecule has 0 saturated carbocycles. The Balaban J connectivity index is 0.00000200. The van der Waals surface area contributed by atoms with Gasteiger partial charge in [0.15, 0.2) is 0 Å². The van der Waals surface area contributed by atoms with Gasteiger partial charge in [-0.15, -0.1) is 24.8 Å². The Morgan fingerprint density at radius 3 is 2.00 bits per heavy atom. The van der Waals surface area contributed by atoms with Crippen LogP contribution in [0.1, 0.15) is 13.3 Å². The van der Waals surface area contributed by atoms with Gasteiger partial charge in [-0.3, -0.25) is 4.90 Å². The molecule has 0 spiro atoms. The van der Waals surface area contributed by atoms with E-state index in [9.17, 15) is 0 Å². The van der Waals surface area contributed by atoms with Crippen molar-refractivity contribution in [2.75, 3.05) is 45.9 Å². The fourth-order valence-electron chi connectivity index (χ4n) is 2.08. The number of hydrogen-bond donors (Lipinski definition) is 1. The topological polar surface area (TPSA) is 33.7 Å². The summed E-state index contributed by atoms with van der Waals surface area (Å²) in [6, 6.07) is 7.89. The Morgan fingerprint density at radius 1 is 0.952 bits per heavy atom. The Kier molecular flexibility index (Phi) is 11.5. The molecule has 122 valence electrons. The lowest BCUT2D eigenvalue weighted by atomic mass is 10.3. The van der Waals surface area contributed by atoms with E-state index in [-0.39, 0.29) is 24.8 Å². The molecule has 21 heavy (non-hydrogen) atoms. The lowest BCUT2D eigenvalue weighted by molar-refractivity contribution is 0.191. The number of benzene rings is 1. The number of nitrogens with one attached hydrogen (secondary N) is 1. The predicted octanol–water partition coefficient (Wildman–Crippen LogP) is 2.60. The summed E-state index contributed by atoms with van der Waals surface area (Å²) in [6.07, 6.45) is 1.03. The minimum absolute atomic E-state index is 0. The average molecular weight is 337 g/mol. The number of piperazine rings is 1. The van der Waals surface area contributed by atoms with E-state index in [1.807, 2.05) is 24.3 Å². The van der Waals surface area contributed by atoms with E-state index >= 15 is 0 Å². The summed E-state index contributed by atoms with van der Waals surface area (Å²) in [5, 5.41) is 3.35. The molecular formula is C15H26Cl2N2O2. The standard InChI is InChI=1S/C15H24N2O2.2ClH/c1-2-12-18-14-3-5-15(6-4-14)19-13-11-17-9-7-16-8-10-17;;/h3-6,16H,2,7-13H2,1H3;2*1H. The summed E-state index contributed by atoms with van der Waals surface area (Å²) < 4.78 is 11.3. The van der Waals surface area contributed by atoms with Gasteiger partial charge in [0, 0.05) is 32.7 Å². The molecule has 6 heteroatoms. The van der Waals surface area contributed by atoms with Crippen molar-refractivity contribution >= 4 is 24.8 Å². The van der Waals surface area contributed by atoms with E-state index in [0.717, 1.165) is 63.9 Å². The van der Waals surface area contributed by atoms with Gasteiger partial charge in [-0.25, -0.2) is 0 Å². The number of ether oxygens (including phenoxy) is 2. The van der Waals surface area contributed by atoms with Gasteiger partial charge >= 0.3 is 0 Å².